The Balaban J connectivity index is 2.32. The summed E-state index contributed by atoms with van der Waals surface area (Å²) >= 11 is 6.19. The van der Waals surface area contributed by atoms with E-state index >= 15 is 0 Å². The lowest BCUT2D eigenvalue weighted by atomic mass is 10.1. The van der Waals surface area contributed by atoms with Crippen molar-refractivity contribution < 1.29 is 9.47 Å². The molecule has 1 atom stereocenters. The van der Waals surface area contributed by atoms with E-state index in [1.807, 2.05) is 13.0 Å². The summed E-state index contributed by atoms with van der Waals surface area (Å²) in [5.41, 5.74) is 7.19. The molecule has 0 heterocycles. The van der Waals surface area contributed by atoms with E-state index in [4.69, 9.17) is 32.1 Å². The molecule has 2 aromatic rings. The number of methoxy groups -OCH3 is 1. The van der Waals surface area contributed by atoms with Gasteiger partial charge in [-0.3, -0.25) is 0 Å². The minimum absolute atomic E-state index is 0.0986. The molecule has 0 aromatic heterocycles. The number of ether oxygens (including phenoxy) is 2. The van der Waals surface area contributed by atoms with Crippen molar-refractivity contribution in [1.29, 1.82) is 5.26 Å². The van der Waals surface area contributed by atoms with Crippen LogP contribution < -0.4 is 15.2 Å². The zero-order valence-corrected chi connectivity index (χ0v) is 12.5. The van der Waals surface area contributed by atoms with Crippen LogP contribution in [0.15, 0.2) is 36.4 Å². The highest BCUT2D eigenvalue weighted by Gasteiger charge is 2.09. The Morgan fingerprint density at radius 1 is 1.19 bits per heavy atom. The highest BCUT2D eigenvalue weighted by Crippen LogP contribution is 2.33. The number of nitriles is 1. The van der Waals surface area contributed by atoms with Crippen LogP contribution in [0.1, 0.15) is 24.1 Å². The molecule has 2 rings (SSSR count). The smallest absolute Gasteiger partial charge is 0.146 e. The van der Waals surface area contributed by atoms with E-state index in [0.29, 0.717) is 27.8 Å². The van der Waals surface area contributed by atoms with Crippen LogP contribution in [0.5, 0.6) is 17.2 Å². The van der Waals surface area contributed by atoms with Gasteiger partial charge >= 0.3 is 0 Å². The molecule has 21 heavy (non-hydrogen) atoms. The molecule has 4 nitrogen and oxygen atoms in total. The number of benzene rings is 2. The van der Waals surface area contributed by atoms with Crippen LogP contribution in [0.2, 0.25) is 5.02 Å². The molecule has 0 fully saturated rings. The average molecular weight is 303 g/mol. The van der Waals surface area contributed by atoms with Crippen LogP contribution in [0.4, 0.5) is 0 Å². The van der Waals surface area contributed by atoms with Crippen LogP contribution in [0, 0.1) is 11.3 Å². The summed E-state index contributed by atoms with van der Waals surface area (Å²) < 4.78 is 10.9. The Hall–Kier alpha value is -2.22. The first kappa shape index (κ1) is 15.2. The van der Waals surface area contributed by atoms with E-state index in [9.17, 15) is 0 Å². The second-order valence-corrected chi connectivity index (χ2v) is 5.00. The average Bonchev–Trinajstić information content (AvgIpc) is 2.48. The zero-order valence-electron chi connectivity index (χ0n) is 11.8. The van der Waals surface area contributed by atoms with E-state index in [2.05, 4.69) is 6.07 Å². The van der Waals surface area contributed by atoms with Gasteiger partial charge in [-0.1, -0.05) is 17.7 Å². The van der Waals surface area contributed by atoms with Crippen LogP contribution >= 0.6 is 11.6 Å². The largest absolute Gasteiger partial charge is 0.497 e. The van der Waals surface area contributed by atoms with Crippen molar-refractivity contribution in [1.82, 2.24) is 0 Å². The molecule has 0 saturated heterocycles. The number of halogens is 1. The first-order valence-electron chi connectivity index (χ1n) is 6.35. The predicted molar refractivity (Wildman–Crippen MR) is 81.8 cm³/mol. The summed E-state index contributed by atoms with van der Waals surface area (Å²) in [6.07, 6.45) is 0. The van der Waals surface area contributed by atoms with Gasteiger partial charge in [0.1, 0.15) is 17.2 Å². The third-order valence-electron chi connectivity index (χ3n) is 2.95. The van der Waals surface area contributed by atoms with Gasteiger partial charge in [0.05, 0.1) is 23.8 Å². The van der Waals surface area contributed by atoms with Gasteiger partial charge in [0, 0.05) is 12.1 Å². The van der Waals surface area contributed by atoms with Crippen molar-refractivity contribution in [2.45, 2.75) is 13.0 Å². The molecule has 0 bridgehead atoms. The monoisotopic (exact) mass is 302 g/mol. The molecule has 0 spiro atoms. The quantitative estimate of drug-likeness (QED) is 0.925. The van der Waals surface area contributed by atoms with Crippen molar-refractivity contribution >= 4 is 11.6 Å². The van der Waals surface area contributed by atoms with Gasteiger partial charge in [0.25, 0.3) is 0 Å². The fourth-order valence-electron chi connectivity index (χ4n) is 1.82. The van der Waals surface area contributed by atoms with Crippen molar-refractivity contribution in [2.24, 2.45) is 5.73 Å². The van der Waals surface area contributed by atoms with Gasteiger partial charge < -0.3 is 15.2 Å². The highest BCUT2D eigenvalue weighted by atomic mass is 35.5. The normalized spacial score (nSPS) is 11.6. The van der Waals surface area contributed by atoms with Crippen molar-refractivity contribution in [3.63, 3.8) is 0 Å². The van der Waals surface area contributed by atoms with Gasteiger partial charge in [0.15, 0.2) is 0 Å². The van der Waals surface area contributed by atoms with Gasteiger partial charge in [0.2, 0.25) is 0 Å². The summed E-state index contributed by atoms with van der Waals surface area (Å²) in [4.78, 5) is 0. The zero-order chi connectivity index (χ0) is 15.4. The number of hydrogen-bond acceptors (Lipinski definition) is 4. The molecule has 2 aromatic carbocycles. The number of rotatable bonds is 4. The van der Waals surface area contributed by atoms with Gasteiger partial charge in [-0.15, -0.1) is 0 Å². The van der Waals surface area contributed by atoms with Crippen molar-refractivity contribution in [2.75, 3.05) is 7.11 Å². The van der Waals surface area contributed by atoms with Gasteiger partial charge in [-0.2, -0.15) is 5.26 Å². The molecule has 5 heteroatoms. The molecule has 2 N–H and O–H groups in total. The summed E-state index contributed by atoms with van der Waals surface area (Å²) in [5.74, 6) is 1.53. The molecular formula is C16H15ClN2O2. The van der Waals surface area contributed by atoms with Crippen LogP contribution in [-0.4, -0.2) is 7.11 Å². The Morgan fingerprint density at radius 2 is 1.90 bits per heavy atom. The first-order chi connectivity index (χ1) is 10.0. The molecule has 108 valence electrons. The summed E-state index contributed by atoms with van der Waals surface area (Å²) in [5, 5.41) is 9.46. The summed E-state index contributed by atoms with van der Waals surface area (Å²) in [6, 6.07) is 12.3. The summed E-state index contributed by atoms with van der Waals surface area (Å²) in [7, 11) is 1.53. The Morgan fingerprint density at radius 3 is 2.48 bits per heavy atom. The maximum Gasteiger partial charge on any atom is 0.146 e. The van der Waals surface area contributed by atoms with E-state index < -0.39 is 0 Å². The molecule has 0 radical (unpaired) electrons. The molecule has 0 aliphatic carbocycles. The van der Waals surface area contributed by atoms with Crippen LogP contribution in [-0.2, 0) is 0 Å². The lowest BCUT2D eigenvalue weighted by molar-refractivity contribution is 0.409. The van der Waals surface area contributed by atoms with Crippen molar-refractivity contribution in [3.8, 4) is 23.3 Å². The Kier molecular flexibility index (Phi) is 4.69. The number of hydrogen-bond donors (Lipinski definition) is 1. The maximum absolute atomic E-state index is 9.00. The third kappa shape index (κ3) is 3.66. The van der Waals surface area contributed by atoms with Crippen LogP contribution in [0.25, 0.3) is 0 Å². The Labute approximate surface area is 128 Å². The fraction of sp³-hybridized carbons (Fsp3) is 0.188. The maximum atomic E-state index is 9.00. The van der Waals surface area contributed by atoms with Crippen LogP contribution in [0.3, 0.4) is 0 Å². The van der Waals surface area contributed by atoms with Crippen molar-refractivity contribution in [3.05, 3.63) is 52.5 Å². The van der Waals surface area contributed by atoms with E-state index in [1.54, 1.807) is 30.3 Å². The predicted octanol–water partition coefficient (Wildman–Crippen LogP) is 4.03. The van der Waals surface area contributed by atoms with E-state index in [1.165, 1.54) is 7.11 Å². The standard InChI is InChI=1S/C16H15ClN2O2/c1-10(19)12-3-4-16(15(17)7-12)21-14-6-11(9-18)5-13(8-14)20-2/h3-8,10H,19H2,1-2H3/t10-/m1/s1. The van der Waals surface area contributed by atoms with E-state index in [-0.39, 0.29) is 6.04 Å². The third-order valence-corrected chi connectivity index (χ3v) is 3.25. The van der Waals surface area contributed by atoms with Gasteiger partial charge in [-0.05, 0) is 36.8 Å². The molecule has 0 saturated carbocycles. The topological polar surface area (TPSA) is 68.3 Å². The number of nitrogens with zero attached hydrogens (tertiary/aromatic N) is 1. The molecule has 0 aliphatic rings. The lowest BCUT2D eigenvalue weighted by Gasteiger charge is -2.12. The molecular weight excluding hydrogens is 288 g/mol. The SMILES string of the molecule is COc1cc(C#N)cc(Oc2ccc([C@@H](C)N)cc2Cl)c1. The fourth-order valence-corrected chi connectivity index (χ4v) is 2.05. The number of nitrogens with two attached hydrogens (primary N) is 1. The molecule has 0 aliphatic heterocycles. The lowest BCUT2D eigenvalue weighted by Crippen LogP contribution is -2.04. The van der Waals surface area contributed by atoms with E-state index in [0.717, 1.165) is 5.56 Å². The second kappa shape index (κ2) is 6.49. The molecule has 0 unspecified atom stereocenters. The summed E-state index contributed by atoms with van der Waals surface area (Å²) in [6.45, 7) is 1.88. The van der Waals surface area contributed by atoms with Gasteiger partial charge in [-0.25, -0.2) is 0 Å². The first-order valence-corrected chi connectivity index (χ1v) is 6.73. The minimum atomic E-state index is -0.0986. The Bertz CT molecular complexity index is 693. The second-order valence-electron chi connectivity index (χ2n) is 4.59. The highest BCUT2D eigenvalue weighted by molar-refractivity contribution is 6.32. The molecule has 0 amide bonds. The minimum Gasteiger partial charge on any atom is -0.497 e.